The lowest BCUT2D eigenvalue weighted by molar-refractivity contribution is 0.101. The smallest absolute Gasteiger partial charge is 0.274 e. The molecule has 0 aliphatic heterocycles. The van der Waals surface area contributed by atoms with E-state index in [-0.39, 0.29) is 11.3 Å². The molecule has 2 heterocycles. The van der Waals surface area contributed by atoms with Gasteiger partial charge in [-0.25, -0.2) is 0 Å². The van der Waals surface area contributed by atoms with Crippen LogP contribution in [0.1, 0.15) is 37.0 Å². The van der Waals surface area contributed by atoms with E-state index in [0.717, 1.165) is 18.8 Å². The SMILES string of the molecule is CN(C)CCn1cc(NC(=O)c2cc(C(C)(C)C)nn2C)cn1. The van der Waals surface area contributed by atoms with Gasteiger partial charge < -0.3 is 10.2 Å². The molecule has 0 unspecified atom stereocenters. The molecule has 7 heteroatoms. The Bertz CT molecular complexity index is 677. The molecule has 2 aromatic rings. The maximum Gasteiger partial charge on any atom is 0.274 e. The third-order valence-electron chi connectivity index (χ3n) is 3.55. The second-order valence-electron chi connectivity index (χ2n) is 7.04. The van der Waals surface area contributed by atoms with Gasteiger partial charge in [-0.15, -0.1) is 0 Å². The summed E-state index contributed by atoms with van der Waals surface area (Å²) in [6.07, 6.45) is 3.50. The van der Waals surface area contributed by atoms with E-state index >= 15 is 0 Å². The normalized spacial score (nSPS) is 12.0. The zero-order valence-corrected chi connectivity index (χ0v) is 14.8. The Balaban J connectivity index is 2.06. The quantitative estimate of drug-likeness (QED) is 0.911. The average molecular weight is 318 g/mol. The number of aromatic nitrogens is 4. The molecule has 1 N–H and O–H groups in total. The van der Waals surface area contributed by atoms with E-state index in [1.165, 1.54) is 0 Å². The largest absolute Gasteiger partial charge is 0.318 e. The first-order valence-corrected chi connectivity index (χ1v) is 7.70. The molecule has 1 amide bonds. The highest BCUT2D eigenvalue weighted by Crippen LogP contribution is 2.21. The van der Waals surface area contributed by atoms with Crippen LogP contribution in [-0.4, -0.2) is 51.0 Å². The number of hydrogen-bond acceptors (Lipinski definition) is 4. The first-order chi connectivity index (χ1) is 10.7. The maximum atomic E-state index is 12.4. The summed E-state index contributed by atoms with van der Waals surface area (Å²) in [6.45, 7) is 7.90. The van der Waals surface area contributed by atoms with Crippen LogP contribution in [0, 0.1) is 0 Å². The van der Waals surface area contributed by atoms with Crippen molar-refractivity contribution in [1.82, 2.24) is 24.5 Å². The maximum absolute atomic E-state index is 12.4. The van der Waals surface area contributed by atoms with Gasteiger partial charge in [0.15, 0.2) is 0 Å². The summed E-state index contributed by atoms with van der Waals surface area (Å²) in [5.41, 5.74) is 2.03. The molecular formula is C16H26N6O. The average Bonchev–Trinajstić information content (AvgIpc) is 3.02. The highest BCUT2D eigenvalue weighted by molar-refractivity contribution is 6.03. The molecule has 126 valence electrons. The third kappa shape index (κ3) is 4.41. The van der Waals surface area contributed by atoms with Crippen molar-refractivity contribution in [1.29, 1.82) is 0 Å². The van der Waals surface area contributed by atoms with Crippen molar-refractivity contribution in [3.8, 4) is 0 Å². The number of anilines is 1. The van der Waals surface area contributed by atoms with Gasteiger partial charge in [-0.05, 0) is 20.2 Å². The third-order valence-corrected chi connectivity index (χ3v) is 3.55. The molecule has 0 aromatic carbocycles. The molecule has 0 saturated carbocycles. The summed E-state index contributed by atoms with van der Waals surface area (Å²) in [6, 6.07) is 1.84. The minimum Gasteiger partial charge on any atom is -0.318 e. The Hall–Kier alpha value is -2.15. The van der Waals surface area contributed by atoms with Crippen molar-refractivity contribution < 1.29 is 4.79 Å². The summed E-state index contributed by atoms with van der Waals surface area (Å²) in [7, 11) is 5.81. The Morgan fingerprint density at radius 2 is 2.04 bits per heavy atom. The fraction of sp³-hybridized carbons (Fsp3) is 0.562. The van der Waals surface area contributed by atoms with Gasteiger partial charge >= 0.3 is 0 Å². The van der Waals surface area contributed by atoms with Crippen LogP contribution in [0.2, 0.25) is 0 Å². The number of nitrogens with zero attached hydrogens (tertiary/aromatic N) is 5. The minimum atomic E-state index is -0.178. The van der Waals surface area contributed by atoms with Crippen LogP contribution in [0.15, 0.2) is 18.5 Å². The zero-order chi connectivity index (χ0) is 17.2. The number of likely N-dealkylation sites (N-methyl/N-ethyl adjacent to an activating group) is 1. The molecule has 0 aliphatic rings. The summed E-state index contributed by atoms with van der Waals surface area (Å²) >= 11 is 0. The standard InChI is InChI=1S/C16H26N6O/c1-16(2,3)14-9-13(21(6)19-14)15(23)18-12-10-17-22(11-12)8-7-20(4)5/h9-11H,7-8H2,1-6H3,(H,18,23). The summed E-state index contributed by atoms with van der Waals surface area (Å²) in [5, 5.41) is 11.6. The van der Waals surface area contributed by atoms with E-state index in [2.05, 4.69) is 41.2 Å². The lowest BCUT2D eigenvalue weighted by atomic mass is 9.92. The number of aryl methyl sites for hydroxylation is 1. The van der Waals surface area contributed by atoms with Crippen molar-refractivity contribution >= 4 is 11.6 Å². The van der Waals surface area contributed by atoms with Crippen LogP contribution in [-0.2, 0) is 19.0 Å². The topological polar surface area (TPSA) is 68.0 Å². The Labute approximate surface area is 137 Å². The van der Waals surface area contributed by atoms with Gasteiger partial charge in [-0.2, -0.15) is 10.2 Å². The summed E-state index contributed by atoms with van der Waals surface area (Å²) in [4.78, 5) is 14.5. The number of hydrogen-bond donors (Lipinski definition) is 1. The first-order valence-electron chi connectivity index (χ1n) is 7.70. The van der Waals surface area contributed by atoms with Gasteiger partial charge in [0.1, 0.15) is 5.69 Å². The molecule has 0 bridgehead atoms. The Kier molecular flexibility index (Phi) is 4.89. The molecule has 0 saturated heterocycles. The minimum absolute atomic E-state index is 0.0899. The van der Waals surface area contributed by atoms with Crippen molar-refractivity contribution in [2.45, 2.75) is 32.7 Å². The van der Waals surface area contributed by atoms with Gasteiger partial charge in [-0.1, -0.05) is 20.8 Å². The molecule has 0 aliphatic carbocycles. The fourth-order valence-electron chi connectivity index (χ4n) is 2.09. The highest BCUT2D eigenvalue weighted by atomic mass is 16.2. The van der Waals surface area contributed by atoms with Crippen LogP contribution in [0.5, 0.6) is 0 Å². The van der Waals surface area contributed by atoms with Crippen molar-refractivity contribution in [2.75, 3.05) is 26.0 Å². The Morgan fingerprint density at radius 1 is 1.35 bits per heavy atom. The van der Waals surface area contributed by atoms with Crippen molar-refractivity contribution in [3.05, 3.63) is 29.8 Å². The van der Waals surface area contributed by atoms with Crippen molar-refractivity contribution in [2.24, 2.45) is 7.05 Å². The van der Waals surface area contributed by atoms with Crippen LogP contribution in [0.25, 0.3) is 0 Å². The van der Waals surface area contributed by atoms with E-state index in [4.69, 9.17) is 0 Å². The number of amides is 1. The molecule has 2 aromatic heterocycles. The summed E-state index contributed by atoms with van der Waals surface area (Å²) < 4.78 is 3.44. The second-order valence-corrected chi connectivity index (χ2v) is 7.04. The molecular weight excluding hydrogens is 292 g/mol. The monoisotopic (exact) mass is 318 g/mol. The Morgan fingerprint density at radius 3 is 2.61 bits per heavy atom. The summed E-state index contributed by atoms with van der Waals surface area (Å²) in [5.74, 6) is -0.178. The van der Waals surface area contributed by atoms with Crippen LogP contribution in [0.4, 0.5) is 5.69 Å². The molecule has 0 spiro atoms. The number of carbonyl (C=O) groups excluding carboxylic acids is 1. The predicted molar refractivity (Wildman–Crippen MR) is 90.6 cm³/mol. The first kappa shape index (κ1) is 17.2. The molecule has 0 fully saturated rings. The van der Waals surface area contributed by atoms with Crippen LogP contribution in [0.3, 0.4) is 0 Å². The van der Waals surface area contributed by atoms with E-state index in [1.54, 1.807) is 17.9 Å². The number of rotatable bonds is 5. The zero-order valence-electron chi connectivity index (χ0n) is 14.8. The van der Waals surface area contributed by atoms with Crippen LogP contribution < -0.4 is 5.32 Å². The van der Waals surface area contributed by atoms with Crippen molar-refractivity contribution in [3.63, 3.8) is 0 Å². The van der Waals surface area contributed by atoms with E-state index < -0.39 is 0 Å². The predicted octanol–water partition coefficient (Wildman–Crippen LogP) is 1.73. The van der Waals surface area contributed by atoms with Crippen LogP contribution >= 0.6 is 0 Å². The molecule has 7 nitrogen and oxygen atoms in total. The van der Waals surface area contributed by atoms with Gasteiger partial charge in [0.25, 0.3) is 5.91 Å². The lowest BCUT2D eigenvalue weighted by Gasteiger charge is -2.13. The molecule has 23 heavy (non-hydrogen) atoms. The van der Waals surface area contributed by atoms with Gasteiger partial charge in [0.2, 0.25) is 0 Å². The highest BCUT2D eigenvalue weighted by Gasteiger charge is 2.21. The molecule has 0 radical (unpaired) electrons. The molecule has 2 rings (SSSR count). The number of nitrogens with one attached hydrogen (secondary N) is 1. The second kappa shape index (κ2) is 6.54. The van der Waals surface area contributed by atoms with E-state index in [0.29, 0.717) is 11.4 Å². The van der Waals surface area contributed by atoms with E-state index in [1.807, 2.05) is 31.0 Å². The number of carbonyl (C=O) groups is 1. The lowest BCUT2D eigenvalue weighted by Crippen LogP contribution is -2.18. The van der Waals surface area contributed by atoms with Gasteiger partial charge in [0, 0.05) is 25.2 Å². The van der Waals surface area contributed by atoms with E-state index in [9.17, 15) is 4.79 Å². The molecule has 0 atom stereocenters. The van der Waals surface area contributed by atoms with Gasteiger partial charge in [-0.3, -0.25) is 14.2 Å². The fourth-order valence-corrected chi connectivity index (χ4v) is 2.09. The van der Waals surface area contributed by atoms with Gasteiger partial charge in [0.05, 0.1) is 24.1 Å².